The van der Waals surface area contributed by atoms with E-state index in [2.05, 4.69) is 15.0 Å². The molecule has 32 heavy (non-hydrogen) atoms. The Hall–Kier alpha value is -3.72. The molecule has 1 fully saturated rings. The summed E-state index contributed by atoms with van der Waals surface area (Å²) in [7, 11) is 0. The van der Waals surface area contributed by atoms with E-state index in [1.54, 1.807) is 18.3 Å². The number of anilines is 1. The Morgan fingerprint density at radius 1 is 0.906 bits per heavy atom. The molecule has 0 N–H and O–H groups in total. The first-order valence-electron chi connectivity index (χ1n) is 10.2. The number of ether oxygens (including phenoxy) is 1. The van der Waals surface area contributed by atoms with Gasteiger partial charge in [-0.15, -0.1) is 0 Å². The predicted molar refractivity (Wildman–Crippen MR) is 116 cm³/mol. The van der Waals surface area contributed by atoms with Gasteiger partial charge in [0.2, 0.25) is 5.95 Å². The van der Waals surface area contributed by atoms with Crippen molar-refractivity contribution in [3.8, 4) is 11.3 Å². The number of hydrogen-bond donors (Lipinski definition) is 0. The Labute approximate surface area is 182 Å². The summed E-state index contributed by atoms with van der Waals surface area (Å²) in [5.41, 5.74) is 1.83. The summed E-state index contributed by atoms with van der Waals surface area (Å²) >= 11 is 0. The van der Waals surface area contributed by atoms with Crippen LogP contribution in [-0.4, -0.2) is 45.8 Å². The highest BCUT2D eigenvalue weighted by atomic mass is 19.1. The van der Waals surface area contributed by atoms with Crippen molar-refractivity contribution in [2.75, 3.05) is 31.2 Å². The summed E-state index contributed by atoms with van der Waals surface area (Å²) in [6, 6.07) is 11.5. The lowest BCUT2D eigenvalue weighted by Gasteiger charge is -2.26. The molecular formula is C23H19F2N5O2. The SMILES string of the molecule is O=c1c(-c2ccc(F)cc2)nc2cnc(N3CCOCC3)nc2n1Cc1ccc(F)cc1. The molecule has 0 amide bonds. The summed E-state index contributed by atoms with van der Waals surface area (Å²) in [6.07, 6.45) is 1.58. The van der Waals surface area contributed by atoms with Crippen molar-refractivity contribution in [1.82, 2.24) is 19.5 Å². The molecule has 2 aromatic heterocycles. The van der Waals surface area contributed by atoms with Gasteiger partial charge < -0.3 is 9.64 Å². The van der Waals surface area contributed by atoms with Gasteiger partial charge in [0.25, 0.3) is 5.56 Å². The molecule has 0 saturated carbocycles. The largest absolute Gasteiger partial charge is 0.378 e. The third-order valence-corrected chi connectivity index (χ3v) is 5.34. The quantitative estimate of drug-likeness (QED) is 0.491. The van der Waals surface area contributed by atoms with E-state index in [1.165, 1.54) is 41.0 Å². The lowest BCUT2D eigenvalue weighted by molar-refractivity contribution is 0.122. The number of halogens is 2. The van der Waals surface area contributed by atoms with E-state index in [1.807, 2.05) is 4.90 Å². The number of benzene rings is 2. The highest BCUT2D eigenvalue weighted by Crippen LogP contribution is 2.20. The van der Waals surface area contributed by atoms with Crippen molar-refractivity contribution in [2.24, 2.45) is 0 Å². The molecule has 0 spiro atoms. The van der Waals surface area contributed by atoms with E-state index >= 15 is 0 Å². The molecule has 1 aliphatic heterocycles. The zero-order valence-corrected chi connectivity index (χ0v) is 17.0. The van der Waals surface area contributed by atoms with E-state index in [0.717, 1.165) is 5.56 Å². The molecule has 3 heterocycles. The zero-order chi connectivity index (χ0) is 22.1. The molecule has 162 valence electrons. The Morgan fingerprint density at radius 3 is 2.25 bits per heavy atom. The molecule has 7 nitrogen and oxygen atoms in total. The Balaban J connectivity index is 1.68. The van der Waals surface area contributed by atoms with Crippen molar-refractivity contribution in [2.45, 2.75) is 6.54 Å². The number of fused-ring (bicyclic) bond motifs is 1. The van der Waals surface area contributed by atoms with E-state index in [4.69, 9.17) is 4.74 Å². The van der Waals surface area contributed by atoms with Crippen LogP contribution >= 0.6 is 0 Å². The third kappa shape index (κ3) is 3.94. The van der Waals surface area contributed by atoms with Crippen LogP contribution in [0.15, 0.2) is 59.5 Å². The summed E-state index contributed by atoms with van der Waals surface area (Å²) in [6.45, 7) is 2.62. The van der Waals surface area contributed by atoms with Gasteiger partial charge in [0.15, 0.2) is 5.65 Å². The second-order valence-electron chi connectivity index (χ2n) is 7.46. The maximum Gasteiger partial charge on any atom is 0.279 e. The van der Waals surface area contributed by atoms with Crippen molar-refractivity contribution in [3.05, 3.63) is 82.3 Å². The molecule has 0 unspecified atom stereocenters. The van der Waals surface area contributed by atoms with Gasteiger partial charge in [-0.2, -0.15) is 4.98 Å². The highest BCUT2D eigenvalue weighted by Gasteiger charge is 2.19. The molecule has 5 rings (SSSR count). The van der Waals surface area contributed by atoms with E-state index < -0.39 is 5.82 Å². The van der Waals surface area contributed by atoms with Gasteiger partial charge in [-0.05, 0) is 42.0 Å². The van der Waals surface area contributed by atoms with Gasteiger partial charge in [-0.25, -0.2) is 18.7 Å². The fourth-order valence-corrected chi connectivity index (χ4v) is 3.66. The van der Waals surface area contributed by atoms with E-state index in [-0.39, 0.29) is 23.6 Å². The van der Waals surface area contributed by atoms with Crippen LogP contribution in [0, 0.1) is 11.6 Å². The highest BCUT2D eigenvalue weighted by molar-refractivity contribution is 5.75. The van der Waals surface area contributed by atoms with Crippen LogP contribution in [0.25, 0.3) is 22.4 Å². The van der Waals surface area contributed by atoms with Crippen LogP contribution in [-0.2, 0) is 11.3 Å². The molecular weight excluding hydrogens is 416 g/mol. The monoisotopic (exact) mass is 435 g/mol. The van der Waals surface area contributed by atoms with Crippen LogP contribution < -0.4 is 10.5 Å². The molecule has 9 heteroatoms. The first kappa shape index (κ1) is 20.2. The maximum atomic E-state index is 13.5. The lowest BCUT2D eigenvalue weighted by Crippen LogP contribution is -2.37. The molecule has 0 atom stereocenters. The maximum absolute atomic E-state index is 13.5. The summed E-state index contributed by atoms with van der Waals surface area (Å²) < 4.78 is 33.7. The van der Waals surface area contributed by atoms with Gasteiger partial charge in [-0.3, -0.25) is 9.36 Å². The number of nitrogens with zero attached hydrogens (tertiary/aromatic N) is 5. The molecule has 4 aromatic rings. The van der Waals surface area contributed by atoms with Gasteiger partial charge in [0.05, 0.1) is 26.0 Å². The first-order chi connectivity index (χ1) is 15.6. The van der Waals surface area contributed by atoms with Crippen molar-refractivity contribution >= 4 is 17.1 Å². The smallest absolute Gasteiger partial charge is 0.279 e. The molecule has 1 saturated heterocycles. The minimum atomic E-state index is -0.403. The number of aromatic nitrogens is 4. The Morgan fingerprint density at radius 2 is 1.56 bits per heavy atom. The Bertz CT molecular complexity index is 1320. The third-order valence-electron chi connectivity index (χ3n) is 5.34. The van der Waals surface area contributed by atoms with E-state index in [0.29, 0.717) is 49.0 Å². The predicted octanol–water partition coefficient (Wildman–Crippen LogP) is 3.02. The normalized spacial score (nSPS) is 14.1. The average molecular weight is 435 g/mol. The van der Waals surface area contributed by atoms with Gasteiger partial charge >= 0.3 is 0 Å². The van der Waals surface area contributed by atoms with Crippen molar-refractivity contribution in [3.63, 3.8) is 0 Å². The van der Waals surface area contributed by atoms with Crippen molar-refractivity contribution < 1.29 is 13.5 Å². The minimum Gasteiger partial charge on any atom is -0.378 e. The summed E-state index contributed by atoms with van der Waals surface area (Å²) in [4.78, 5) is 29.0. The number of hydrogen-bond acceptors (Lipinski definition) is 6. The van der Waals surface area contributed by atoms with E-state index in [9.17, 15) is 13.6 Å². The Kier molecular flexibility index (Phi) is 5.32. The molecule has 0 bridgehead atoms. The summed E-state index contributed by atoms with van der Waals surface area (Å²) in [5.74, 6) is -0.270. The fourth-order valence-electron chi connectivity index (χ4n) is 3.66. The molecule has 2 aromatic carbocycles. The fraction of sp³-hybridized carbons (Fsp3) is 0.217. The van der Waals surface area contributed by atoms with Crippen LogP contribution in [0.4, 0.5) is 14.7 Å². The molecule has 1 aliphatic rings. The second kappa shape index (κ2) is 8.43. The zero-order valence-electron chi connectivity index (χ0n) is 17.0. The van der Waals surface area contributed by atoms with Crippen molar-refractivity contribution in [1.29, 1.82) is 0 Å². The van der Waals surface area contributed by atoms with Crippen LogP contribution in [0.2, 0.25) is 0 Å². The topological polar surface area (TPSA) is 73.1 Å². The van der Waals surface area contributed by atoms with Crippen LogP contribution in [0.3, 0.4) is 0 Å². The standard InChI is InChI=1S/C23H19F2N5O2/c24-17-5-1-15(2-6-17)14-30-21-19(13-26-23(28-21)29-9-11-32-12-10-29)27-20(22(30)31)16-3-7-18(25)8-4-16/h1-8,13H,9-12,14H2. The van der Waals surface area contributed by atoms with Gasteiger partial charge in [0.1, 0.15) is 22.8 Å². The number of rotatable bonds is 4. The van der Waals surface area contributed by atoms with Crippen LogP contribution in [0.1, 0.15) is 5.56 Å². The summed E-state index contributed by atoms with van der Waals surface area (Å²) in [5, 5.41) is 0. The molecule has 0 radical (unpaired) electrons. The number of morpholine rings is 1. The van der Waals surface area contributed by atoms with Gasteiger partial charge in [0, 0.05) is 18.7 Å². The molecule has 0 aliphatic carbocycles. The average Bonchev–Trinajstić information content (AvgIpc) is 2.83. The first-order valence-corrected chi connectivity index (χ1v) is 10.2. The van der Waals surface area contributed by atoms with Gasteiger partial charge in [-0.1, -0.05) is 12.1 Å². The lowest BCUT2D eigenvalue weighted by atomic mass is 10.1. The minimum absolute atomic E-state index is 0.169. The van der Waals surface area contributed by atoms with Crippen LogP contribution in [0.5, 0.6) is 0 Å². The second-order valence-corrected chi connectivity index (χ2v) is 7.46.